The molecule has 0 atom stereocenters. The standard InChI is InChI=1S/C18H23NOS/c1-4-11-19-13-15-5-10-18(14(2)12-15)20-16-6-8-17(21-3)9-7-16/h5-10,12,19H,4,11,13H2,1-3H3. The van der Waals surface area contributed by atoms with Gasteiger partial charge < -0.3 is 10.1 Å². The van der Waals surface area contributed by atoms with Crippen LogP contribution in [0.1, 0.15) is 24.5 Å². The van der Waals surface area contributed by atoms with Crippen molar-refractivity contribution in [1.82, 2.24) is 5.32 Å². The Balaban J connectivity index is 2.02. The highest BCUT2D eigenvalue weighted by atomic mass is 32.2. The maximum Gasteiger partial charge on any atom is 0.130 e. The van der Waals surface area contributed by atoms with E-state index in [1.807, 2.05) is 12.1 Å². The number of nitrogens with one attached hydrogen (secondary N) is 1. The summed E-state index contributed by atoms with van der Waals surface area (Å²) in [7, 11) is 0. The van der Waals surface area contributed by atoms with Crippen molar-refractivity contribution in [1.29, 1.82) is 0 Å². The van der Waals surface area contributed by atoms with Crippen molar-refractivity contribution in [3.8, 4) is 11.5 Å². The molecule has 2 rings (SSSR count). The Bertz CT molecular complexity index is 566. The maximum atomic E-state index is 5.96. The van der Waals surface area contributed by atoms with Crippen LogP contribution >= 0.6 is 11.8 Å². The van der Waals surface area contributed by atoms with Gasteiger partial charge in [-0.15, -0.1) is 11.8 Å². The monoisotopic (exact) mass is 301 g/mol. The van der Waals surface area contributed by atoms with Crippen molar-refractivity contribution in [2.75, 3.05) is 12.8 Å². The van der Waals surface area contributed by atoms with Crippen molar-refractivity contribution < 1.29 is 4.74 Å². The van der Waals surface area contributed by atoms with Gasteiger partial charge in [-0.2, -0.15) is 0 Å². The SMILES string of the molecule is CCCNCc1ccc(Oc2ccc(SC)cc2)c(C)c1. The lowest BCUT2D eigenvalue weighted by Gasteiger charge is -2.11. The second kappa shape index (κ2) is 8.11. The molecule has 0 radical (unpaired) electrons. The maximum absolute atomic E-state index is 5.96. The van der Waals surface area contributed by atoms with Crippen LogP contribution in [0.3, 0.4) is 0 Å². The van der Waals surface area contributed by atoms with E-state index in [1.165, 1.54) is 16.0 Å². The summed E-state index contributed by atoms with van der Waals surface area (Å²) in [5, 5.41) is 3.42. The number of rotatable bonds is 7. The van der Waals surface area contributed by atoms with Gasteiger partial charge in [-0.1, -0.05) is 19.1 Å². The first-order valence-corrected chi connectivity index (χ1v) is 8.57. The Morgan fingerprint density at radius 3 is 2.48 bits per heavy atom. The number of ether oxygens (including phenoxy) is 1. The molecule has 2 aromatic rings. The number of thioether (sulfide) groups is 1. The zero-order valence-electron chi connectivity index (χ0n) is 13.0. The number of hydrogen-bond donors (Lipinski definition) is 1. The fraction of sp³-hybridized carbons (Fsp3) is 0.333. The summed E-state index contributed by atoms with van der Waals surface area (Å²) in [6.07, 6.45) is 3.23. The molecule has 21 heavy (non-hydrogen) atoms. The molecule has 0 amide bonds. The van der Waals surface area contributed by atoms with Gasteiger partial charge in [0.15, 0.2) is 0 Å². The molecule has 0 aliphatic heterocycles. The topological polar surface area (TPSA) is 21.3 Å². The minimum Gasteiger partial charge on any atom is -0.457 e. The van der Waals surface area contributed by atoms with Crippen LogP contribution < -0.4 is 10.1 Å². The van der Waals surface area contributed by atoms with Crippen LogP contribution in [0.4, 0.5) is 0 Å². The highest BCUT2D eigenvalue weighted by molar-refractivity contribution is 7.98. The zero-order valence-corrected chi connectivity index (χ0v) is 13.8. The van der Waals surface area contributed by atoms with Crippen molar-refractivity contribution in [3.05, 3.63) is 53.6 Å². The Morgan fingerprint density at radius 2 is 1.86 bits per heavy atom. The van der Waals surface area contributed by atoms with Gasteiger partial charge in [0.05, 0.1) is 0 Å². The average molecular weight is 301 g/mol. The molecule has 112 valence electrons. The summed E-state index contributed by atoms with van der Waals surface area (Å²) in [6.45, 7) is 6.24. The molecule has 0 bridgehead atoms. The second-order valence-electron chi connectivity index (χ2n) is 5.05. The number of hydrogen-bond acceptors (Lipinski definition) is 3. The lowest BCUT2D eigenvalue weighted by atomic mass is 10.1. The van der Waals surface area contributed by atoms with E-state index in [-0.39, 0.29) is 0 Å². The molecule has 0 saturated carbocycles. The van der Waals surface area contributed by atoms with Crippen molar-refractivity contribution in [2.24, 2.45) is 0 Å². The van der Waals surface area contributed by atoms with Gasteiger partial charge in [0.25, 0.3) is 0 Å². The van der Waals surface area contributed by atoms with Crippen molar-refractivity contribution in [2.45, 2.75) is 31.7 Å². The predicted octanol–water partition coefficient (Wildman–Crippen LogP) is 5.01. The summed E-state index contributed by atoms with van der Waals surface area (Å²) in [6, 6.07) is 14.6. The molecule has 0 aliphatic rings. The van der Waals surface area contributed by atoms with Gasteiger partial charge in [0, 0.05) is 11.4 Å². The van der Waals surface area contributed by atoms with E-state index < -0.39 is 0 Å². The van der Waals surface area contributed by atoms with E-state index in [4.69, 9.17) is 4.74 Å². The fourth-order valence-corrected chi connectivity index (χ4v) is 2.52. The van der Waals surface area contributed by atoms with Gasteiger partial charge in [-0.3, -0.25) is 0 Å². The van der Waals surface area contributed by atoms with E-state index in [1.54, 1.807) is 11.8 Å². The van der Waals surface area contributed by atoms with E-state index in [2.05, 4.69) is 55.8 Å². The molecule has 0 aliphatic carbocycles. The van der Waals surface area contributed by atoms with Gasteiger partial charge in [-0.25, -0.2) is 0 Å². The molecule has 0 heterocycles. The summed E-state index contributed by atoms with van der Waals surface area (Å²) >= 11 is 1.74. The Labute approximate surface area is 131 Å². The van der Waals surface area contributed by atoms with Crippen LogP contribution in [0.25, 0.3) is 0 Å². The molecule has 0 aromatic heterocycles. The van der Waals surface area contributed by atoms with Crippen LogP contribution in [-0.2, 0) is 6.54 Å². The van der Waals surface area contributed by atoms with Gasteiger partial charge in [-0.05, 0) is 67.6 Å². The zero-order chi connectivity index (χ0) is 15.1. The van der Waals surface area contributed by atoms with Gasteiger partial charge in [0.1, 0.15) is 11.5 Å². The molecule has 0 saturated heterocycles. The van der Waals surface area contributed by atoms with Crippen molar-refractivity contribution in [3.63, 3.8) is 0 Å². The summed E-state index contributed by atoms with van der Waals surface area (Å²) in [4.78, 5) is 1.25. The Morgan fingerprint density at radius 1 is 1.10 bits per heavy atom. The summed E-state index contributed by atoms with van der Waals surface area (Å²) in [5.74, 6) is 1.80. The normalized spacial score (nSPS) is 10.6. The molecule has 0 fully saturated rings. The van der Waals surface area contributed by atoms with Crippen LogP contribution in [0.5, 0.6) is 11.5 Å². The molecule has 2 aromatic carbocycles. The Hall–Kier alpha value is -1.45. The summed E-state index contributed by atoms with van der Waals surface area (Å²) in [5.41, 5.74) is 2.46. The third kappa shape index (κ3) is 4.80. The second-order valence-corrected chi connectivity index (χ2v) is 5.93. The first-order valence-electron chi connectivity index (χ1n) is 7.35. The van der Waals surface area contributed by atoms with Gasteiger partial charge in [0.2, 0.25) is 0 Å². The number of benzene rings is 2. The molecular formula is C18H23NOS. The smallest absolute Gasteiger partial charge is 0.130 e. The van der Waals surface area contributed by atoms with E-state index >= 15 is 0 Å². The Kier molecular flexibility index (Phi) is 6.15. The lowest BCUT2D eigenvalue weighted by Crippen LogP contribution is -2.13. The minimum absolute atomic E-state index is 0.882. The van der Waals surface area contributed by atoms with Gasteiger partial charge >= 0.3 is 0 Å². The molecule has 0 spiro atoms. The van der Waals surface area contributed by atoms with E-state index in [9.17, 15) is 0 Å². The fourth-order valence-electron chi connectivity index (χ4n) is 2.12. The van der Waals surface area contributed by atoms with Crippen LogP contribution in [-0.4, -0.2) is 12.8 Å². The molecule has 3 heteroatoms. The van der Waals surface area contributed by atoms with Crippen LogP contribution in [0.2, 0.25) is 0 Å². The highest BCUT2D eigenvalue weighted by Gasteiger charge is 2.03. The van der Waals surface area contributed by atoms with E-state index in [0.29, 0.717) is 0 Å². The predicted molar refractivity (Wildman–Crippen MR) is 91.5 cm³/mol. The molecule has 0 unspecified atom stereocenters. The van der Waals surface area contributed by atoms with Crippen LogP contribution in [0, 0.1) is 6.92 Å². The first kappa shape index (κ1) is 15.9. The lowest BCUT2D eigenvalue weighted by molar-refractivity contribution is 0.478. The highest BCUT2D eigenvalue weighted by Crippen LogP contribution is 2.27. The molecule has 2 nitrogen and oxygen atoms in total. The third-order valence-electron chi connectivity index (χ3n) is 3.28. The third-order valence-corrected chi connectivity index (χ3v) is 4.03. The first-order chi connectivity index (χ1) is 10.2. The largest absolute Gasteiger partial charge is 0.457 e. The average Bonchev–Trinajstić information content (AvgIpc) is 2.51. The molecular weight excluding hydrogens is 278 g/mol. The summed E-state index contributed by atoms with van der Waals surface area (Å²) < 4.78 is 5.96. The number of aryl methyl sites for hydroxylation is 1. The quantitative estimate of drug-likeness (QED) is 0.574. The van der Waals surface area contributed by atoms with Crippen LogP contribution in [0.15, 0.2) is 47.4 Å². The molecule has 1 N–H and O–H groups in total. The minimum atomic E-state index is 0.882. The van der Waals surface area contributed by atoms with E-state index in [0.717, 1.165) is 31.0 Å². The van der Waals surface area contributed by atoms with Crippen molar-refractivity contribution >= 4 is 11.8 Å².